The third-order valence-corrected chi connectivity index (χ3v) is 2.91. The van der Waals surface area contributed by atoms with Crippen LogP contribution in [0.25, 0.3) is 0 Å². The van der Waals surface area contributed by atoms with E-state index < -0.39 is 12.6 Å². The first-order valence-corrected chi connectivity index (χ1v) is 6.30. The first-order valence-electron chi connectivity index (χ1n) is 6.30. The van der Waals surface area contributed by atoms with E-state index in [9.17, 15) is 13.2 Å². The van der Waals surface area contributed by atoms with Gasteiger partial charge < -0.3 is 10.1 Å². The third kappa shape index (κ3) is 5.85. The van der Waals surface area contributed by atoms with Gasteiger partial charge in [0.1, 0.15) is 5.75 Å². The molecule has 0 heterocycles. The number of nitrogens with one attached hydrogen (secondary N) is 1. The number of hydrogen-bond acceptors (Lipinski definition) is 2. The van der Waals surface area contributed by atoms with E-state index in [1.807, 2.05) is 32.0 Å². The fourth-order valence-corrected chi connectivity index (χ4v) is 1.93. The summed E-state index contributed by atoms with van der Waals surface area (Å²) in [5, 5.41) is 3.20. The molecular formula is C14H20F3NO. The highest BCUT2D eigenvalue weighted by Gasteiger charge is 2.26. The number of aryl methyl sites for hydroxylation is 1. The van der Waals surface area contributed by atoms with Gasteiger partial charge in [-0.3, -0.25) is 0 Å². The lowest BCUT2D eigenvalue weighted by Gasteiger charge is -2.17. The SMILES string of the molecule is COc1ccc(NC(C)CCCC(F)(F)F)cc1C. The van der Waals surface area contributed by atoms with Gasteiger partial charge in [0, 0.05) is 18.2 Å². The molecule has 0 radical (unpaired) electrons. The smallest absolute Gasteiger partial charge is 0.389 e. The van der Waals surface area contributed by atoms with Crippen LogP contribution in [0.5, 0.6) is 5.75 Å². The Balaban J connectivity index is 2.44. The fourth-order valence-electron chi connectivity index (χ4n) is 1.93. The van der Waals surface area contributed by atoms with Crippen molar-refractivity contribution in [1.82, 2.24) is 0 Å². The van der Waals surface area contributed by atoms with Gasteiger partial charge in [-0.2, -0.15) is 13.2 Å². The Morgan fingerprint density at radius 2 is 2.00 bits per heavy atom. The predicted octanol–water partition coefficient (Wildman–Crippen LogP) is 4.54. The summed E-state index contributed by atoms with van der Waals surface area (Å²) in [5.74, 6) is 0.801. The number of rotatable bonds is 6. The molecule has 0 aromatic heterocycles. The number of ether oxygens (including phenoxy) is 1. The van der Waals surface area contributed by atoms with Crippen molar-refractivity contribution >= 4 is 5.69 Å². The molecule has 1 rings (SSSR count). The number of alkyl halides is 3. The molecule has 1 unspecified atom stereocenters. The van der Waals surface area contributed by atoms with Crippen LogP contribution >= 0.6 is 0 Å². The molecule has 0 aliphatic carbocycles. The van der Waals surface area contributed by atoms with Crippen LogP contribution in [0.15, 0.2) is 18.2 Å². The van der Waals surface area contributed by atoms with E-state index in [-0.39, 0.29) is 12.5 Å². The molecule has 0 bridgehead atoms. The van der Waals surface area contributed by atoms with Crippen LogP contribution in [-0.2, 0) is 0 Å². The zero-order chi connectivity index (χ0) is 14.5. The minimum Gasteiger partial charge on any atom is -0.496 e. The number of hydrogen-bond donors (Lipinski definition) is 1. The lowest BCUT2D eigenvalue weighted by Crippen LogP contribution is -2.16. The molecule has 1 aromatic rings. The van der Waals surface area contributed by atoms with Gasteiger partial charge in [-0.05, 0) is 50.5 Å². The number of methoxy groups -OCH3 is 1. The second-order valence-corrected chi connectivity index (χ2v) is 4.74. The standard InChI is InChI=1S/C14H20F3NO/c1-10-9-12(6-7-13(10)19-3)18-11(2)5-4-8-14(15,16)17/h6-7,9,11,18H,4-5,8H2,1-3H3. The number of halogens is 3. The first-order chi connectivity index (χ1) is 8.81. The van der Waals surface area contributed by atoms with Crippen molar-refractivity contribution in [3.8, 4) is 5.75 Å². The molecule has 5 heteroatoms. The van der Waals surface area contributed by atoms with Crippen molar-refractivity contribution in [2.45, 2.75) is 45.3 Å². The van der Waals surface area contributed by atoms with Crippen molar-refractivity contribution in [2.24, 2.45) is 0 Å². The summed E-state index contributed by atoms with van der Waals surface area (Å²) in [6, 6.07) is 5.65. The molecule has 19 heavy (non-hydrogen) atoms. The Hall–Kier alpha value is -1.39. The predicted molar refractivity (Wildman–Crippen MR) is 70.7 cm³/mol. The van der Waals surface area contributed by atoms with Crippen LogP contribution in [0.2, 0.25) is 0 Å². The number of benzene rings is 1. The molecule has 0 spiro atoms. The number of anilines is 1. The van der Waals surface area contributed by atoms with E-state index in [0.29, 0.717) is 6.42 Å². The van der Waals surface area contributed by atoms with E-state index in [1.165, 1.54) is 0 Å². The highest BCUT2D eigenvalue weighted by atomic mass is 19.4. The Labute approximate surface area is 112 Å². The molecule has 1 aromatic carbocycles. The lowest BCUT2D eigenvalue weighted by molar-refractivity contribution is -0.135. The Morgan fingerprint density at radius 3 is 2.53 bits per heavy atom. The first kappa shape index (κ1) is 15.7. The summed E-state index contributed by atoms with van der Waals surface area (Å²) >= 11 is 0. The van der Waals surface area contributed by atoms with Gasteiger partial charge in [0.05, 0.1) is 7.11 Å². The maximum atomic E-state index is 12.0. The molecule has 0 aliphatic heterocycles. The normalized spacial score (nSPS) is 13.2. The van der Waals surface area contributed by atoms with E-state index in [1.54, 1.807) is 7.11 Å². The Bertz CT molecular complexity index is 404. The average Bonchev–Trinajstić information content (AvgIpc) is 2.27. The van der Waals surface area contributed by atoms with Gasteiger partial charge in [0.25, 0.3) is 0 Å². The van der Waals surface area contributed by atoms with Crippen LogP contribution in [0.3, 0.4) is 0 Å². The summed E-state index contributed by atoms with van der Waals surface area (Å²) in [6.07, 6.45) is -4.14. The molecule has 0 fully saturated rings. The summed E-state index contributed by atoms with van der Waals surface area (Å²) in [4.78, 5) is 0. The van der Waals surface area contributed by atoms with Gasteiger partial charge in [-0.1, -0.05) is 0 Å². The largest absolute Gasteiger partial charge is 0.496 e. The molecule has 108 valence electrons. The van der Waals surface area contributed by atoms with Crippen molar-refractivity contribution in [3.05, 3.63) is 23.8 Å². The van der Waals surface area contributed by atoms with Crippen LogP contribution in [0, 0.1) is 6.92 Å². The lowest BCUT2D eigenvalue weighted by atomic mass is 10.1. The molecular weight excluding hydrogens is 255 g/mol. The average molecular weight is 275 g/mol. The zero-order valence-electron chi connectivity index (χ0n) is 11.5. The van der Waals surface area contributed by atoms with Gasteiger partial charge in [-0.15, -0.1) is 0 Å². The maximum absolute atomic E-state index is 12.0. The highest BCUT2D eigenvalue weighted by molar-refractivity contribution is 5.51. The molecule has 0 amide bonds. The van der Waals surface area contributed by atoms with Gasteiger partial charge in [-0.25, -0.2) is 0 Å². The summed E-state index contributed by atoms with van der Waals surface area (Å²) < 4.78 is 41.3. The van der Waals surface area contributed by atoms with E-state index in [4.69, 9.17) is 4.74 Å². The minimum absolute atomic E-state index is 0.00939. The zero-order valence-corrected chi connectivity index (χ0v) is 11.5. The second-order valence-electron chi connectivity index (χ2n) is 4.74. The van der Waals surface area contributed by atoms with Crippen LogP contribution in [0.4, 0.5) is 18.9 Å². The molecule has 0 aliphatic rings. The highest BCUT2D eigenvalue weighted by Crippen LogP contribution is 2.24. The Morgan fingerprint density at radius 1 is 1.32 bits per heavy atom. The van der Waals surface area contributed by atoms with E-state index >= 15 is 0 Å². The Kier molecular flexibility index (Phi) is 5.51. The van der Waals surface area contributed by atoms with Crippen molar-refractivity contribution in [1.29, 1.82) is 0 Å². The summed E-state index contributed by atoms with van der Waals surface area (Å²) in [5.41, 5.74) is 1.90. The van der Waals surface area contributed by atoms with Crippen molar-refractivity contribution < 1.29 is 17.9 Å². The van der Waals surface area contributed by atoms with Crippen LogP contribution < -0.4 is 10.1 Å². The second kappa shape index (κ2) is 6.68. The van der Waals surface area contributed by atoms with Gasteiger partial charge >= 0.3 is 6.18 Å². The molecule has 1 atom stereocenters. The van der Waals surface area contributed by atoms with Gasteiger partial charge in [0.2, 0.25) is 0 Å². The minimum atomic E-state index is -4.06. The molecule has 0 saturated carbocycles. The summed E-state index contributed by atoms with van der Waals surface area (Å²) in [7, 11) is 1.61. The van der Waals surface area contributed by atoms with Crippen LogP contribution in [-0.4, -0.2) is 19.3 Å². The summed E-state index contributed by atoms with van der Waals surface area (Å²) in [6.45, 7) is 3.81. The van der Waals surface area contributed by atoms with Crippen molar-refractivity contribution in [3.63, 3.8) is 0 Å². The van der Waals surface area contributed by atoms with E-state index in [0.717, 1.165) is 17.0 Å². The maximum Gasteiger partial charge on any atom is 0.389 e. The molecule has 1 N–H and O–H groups in total. The third-order valence-electron chi connectivity index (χ3n) is 2.91. The molecule has 0 saturated heterocycles. The van der Waals surface area contributed by atoms with Gasteiger partial charge in [0.15, 0.2) is 0 Å². The monoisotopic (exact) mass is 275 g/mol. The molecule has 2 nitrogen and oxygen atoms in total. The quantitative estimate of drug-likeness (QED) is 0.823. The van der Waals surface area contributed by atoms with Crippen molar-refractivity contribution in [2.75, 3.05) is 12.4 Å². The van der Waals surface area contributed by atoms with Crippen LogP contribution in [0.1, 0.15) is 31.7 Å². The fraction of sp³-hybridized carbons (Fsp3) is 0.571. The topological polar surface area (TPSA) is 21.3 Å². The van der Waals surface area contributed by atoms with E-state index in [2.05, 4.69) is 5.32 Å².